The molecule has 1 atom stereocenters. The number of piperidine rings is 1. The largest absolute Gasteiger partial charge is 0.418 e. The van der Waals surface area contributed by atoms with Crippen LogP contribution in [0.3, 0.4) is 0 Å². The van der Waals surface area contributed by atoms with Gasteiger partial charge in [-0.05, 0) is 37.5 Å². The molecular weight excluding hydrogens is 271 g/mol. The molecule has 1 aliphatic heterocycles. The van der Waals surface area contributed by atoms with Crippen LogP contribution in [-0.4, -0.2) is 18.5 Å². The molecule has 4 N–H and O–H groups in total. The lowest BCUT2D eigenvalue weighted by molar-refractivity contribution is -0.136. The number of hydrogen-bond acceptors (Lipinski definition) is 3. The molecule has 2 rings (SSSR count). The Morgan fingerprint density at radius 2 is 2.00 bits per heavy atom. The van der Waals surface area contributed by atoms with Gasteiger partial charge in [0.05, 0.1) is 5.56 Å². The van der Waals surface area contributed by atoms with E-state index in [0.717, 1.165) is 18.9 Å². The minimum absolute atomic E-state index is 0.325. The number of nitrogens with two attached hydrogens (primary N) is 2. The molecule has 0 spiro atoms. The number of anilines is 2. The summed E-state index contributed by atoms with van der Waals surface area (Å²) in [6.07, 6.45) is -2.31. The lowest BCUT2D eigenvalue weighted by Crippen LogP contribution is -2.47. The molecule has 1 aliphatic rings. The highest BCUT2D eigenvalue weighted by molar-refractivity contribution is 5.84. The summed E-state index contributed by atoms with van der Waals surface area (Å²) >= 11 is 0. The molecule has 1 aromatic rings. The summed E-state index contributed by atoms with van der Waals surface area (Å²) in [7, 11) is 0. The Kier molecular flexibility index (Phi) is 3.78. The molecule has 1 heterocycles. The van der Waals surface area contributed by atoms with E-state index in [2.05, 4.69) is 0 Å². The van der Waals surface area contributed by atoms with Crippen molar-refractivity contribution in [2.75, 3.05) is 17.2 Å². The second-order valence-electron chi connectivity index (χ2n) is 4.88. The summed E-state index contributed by atoms with van der Waals surface area (Å²) in [5, 5.41) is 0. The van der Waals surface area contributed by atoms with E-state index in [4.69, 9.17) is 11.5 Å². The Hall–Kier alpha value is -1.92. The molecular formula is C13H16F3N3O. The van der Waals surface area contributed by atoms with Crippen LogP contribution in [0.1, 0.15) is 24.8 Å². The van der Waals surface area contributed by atoms with Crippen molar-refractivity contribution < 1.29 is 18.0 Å². The highest BCUT2D eigenvalue weighted by atomic mass is 19.4. The smallest absolute Gasteiger partial charge is 0.398 e. The summed E-state index contributed by atoms with van der Waals surface area (Å²) in [4.78, 5) is 13.0. The second kappa shape index (κ2) is 5.22. The fourth-order valence-corrected chi connectivity index (χ4v) is 2.50. The first-order valence-corrected chi connectivity index (χ1v) is 6.33. The first kappa shape index (κ1) is 14.5. The van der Waals surface area contributed by atoms with Gasteiger partial charge < -0.3 is 16.4 Å². The fraction of sp³-hybridized carbons (Fsp3) is 0.462. The number of nitrogen functional groups attached to an aromatic ring is 1. The predicted molar refractivity (Wildman–Crippen MR) is 70.0 cm³/mol. The molecule has 0 saturated carbocycles. The standard InChI is InChI=1S/C13H16F3N3O/c14-13(15,16)9-7-8(4-5-10(9)17)19-6-2-1-3-11(19)12(18)20/h4-5,7,11H,1-3,6,17H2,(H2,18,20). The maximum atomic E-state index is 12.9. The Labute approximate surface area is 114 Å². The Morgan fingerprint density at radius 1 is 1.30 bits per heavy atom. The summed E-state index contributed by atoms with van der Waals surface area (Å²) in [6.45, 7) is 0.509. The predicted octanol–water partition coefficient (Wildman–Crippen LogP) is 2.13. The van der Waals surface area contributed by atoms with Gasteiger partial charge in [-0.2, -0.15) is 13.2 Å². The summed E-state index contributed by atoms with van der Waals surface area (Å²) in [5.74, 6) is -0.518. The van der Waals surface area contributed by atoms with E-state index in [0.29, 0.717) is 18.7 Å². The van der Waals surface area contributed by atoms with Crippen molar-refractivity contribution in [1.29, 1.82) is 0 Å². The maximum Gasteiger partial charge on any atom is 0.418 e. The van der Waals surface area contributed by atoms with E-state index < -0.39 is 23.7 Å². The monoisotopic (exact) mass is 287 g/mol. The van der Waals surface area contributed by atoms with Gasteiger partial charge in [-0.15, -0.1) is 0 Å². The molecule has 1 saturated heterocycles. The lowest BCUT2D eigenvalue weighted by atomic mass is 10.00. The highest BCUT2D eigenvalue weighted by Gasteiger charge is 2.35. The van der Waals surface area contributed by atoms with Crippen LogP contribution in [0, 0.1) is 0 Å². The van der Waals surface area contributed by atoms with E-state index in [-0.39, 0.29) is 5.69 Å². The van der Waals surface area contributed by atoms with Gasteiger partial charge >= 0.3 is 6.18 Å². The van der Waals surface area contributed by atoms with Crippen molar-refractivity contribution in [2.45, 2.75) is 31.5 Å². The van der Waals surface area contributed by atoms with Crippen LogP contribution in [0.25, 0.3) is 0 Å². The second-order valence-corrected chi connectivity index (χ2v) is 4.88. The minimum Gasteiger partial charge on any atom is -0.398 e. The molecule has 1 aromatic carbocycles. The number of nitrogens with zero attached hydrogens (tertiary/aromatic N) is 1. The third-order valence-electron chi connectivity index (χ3n) is 3.51. The van der Waals surface area contributed by atoms with Gasteiger partial charge in [0.2, 0.25) is 5.91 Å². The third kappa shape index (κ3) is 2.81. The zero-order valence-electron chi connectivity index (χ0n) is 10.8. The number of primary amides is 1. The number of rotatable bonds is 2. The number of benzene rings is 1. The molecule has 4 nitrogen and oxygen atoms in total. The van der Waals surface area contributed by atoms with Crippen LogP contribution in [-0.2, 0) is 11.0 Å². The first-order valence-electron chi connectivity index (χ1n) is 6.33. The van der Waals surface area contributed by atoms with Gasteiger partial charge in [0, 0.05) is 17.9 Å². The summed E-state index contributed by atoms with van der Waals surface area (Å²) < 4.78 is 38.6. The molecule has 1 amide bonds. The molecule has 1 unspecified atom stereocenters. The summed E-state index contributed by atoms with van der Waals surface area (Å²) in [6, 6.07) is 3.13. The van der Waals surface area contributed by atoms with Crippen LogP contribution in [0.2, 0.25) is 0 Å². The van der Waals surface area contributed by atoms with E-state index in [9.17, 15) is 18.0 Å². The zero-order valence-corrected chi connectivity index (χ0v) is 10.8. The van der Waals surface area contributed by atoms with Crippen LogP contribution in [0.15, 0.2) is 18.2 Å². The first-order chi connectivity index (χ1) is 9.30. The summed E-state index contributed by atoms with van der Waals surface area (Å²) in [5.41, 5.74) is 9.81. The Bertz CT molecular complexity index is 516. The SMILES string of the molecule is NC(=O)C1CCCCN1c1ccc(N)c(C(F)(F)F)c1. The molecule has 20 heavy (non-hydrogen) atoms. The van der Waals surface area contributed by atoms with Crippen LogP contribution >= 0.6 is 0 Å². The Morgan fingerprint density at radius 3 is 2.60 bits per heavy atom. The fourth-order valence-electron chi connectivity index (χ4n) is 2.50. The minimum atomic E-state index is -4.52. The van der Waals surface area contributed by atoms with Crippen molar-refractivity contribution in [1.82, 2.24) is 0 Å². The molecule has 0 aliphatic carbocycles. The zero-order chi connectivity index (χ0) is 14.9. The number of hydrogen-bond donors (Lipinski definition) is 2. The van der Waals surface area contributed by atoms with Gasteiger partial charge in [-0.25, -0.2) is 0 Å². The molecule has 110 valence electrons. The van der Waals surface area contributed by atoms with Crippen molar-refractivity contribution >= 4 is 17.3 Å². The van der Waals surface area contributed by atoms with E-state index in [1.54, 1.807) is 4.90 Å². The average molecular weight is 287 g/mol. The van der Waals surface area contributed by atoms with Gasteiger partial charge in [0.15, 0.2) is 0 Å². The number of halogens is 3. The number of amides is 1. The number of carbonyl (C=O) groups excluding carboxylic acids is 1. The van der Waals surface area contributed by atoms with E-state index in [1.165, 1.54) is 12.1 Å². The van der Waals surface area contributed by atoms with E-state index >= 15 is 0 Å². The average Bonchev–Trinajstić information content (AvgIpc) is 2.38. The van der Waals surface area contributed by atoms with Crippen LogP contribution in [0.4, 0.5) is 24.5 Å². The number of alkyl halides is 3. The molecule has 1 fully saturated rings. The van der Waals surface area contributed by atoms with Crippen molar-refractivity contribution in [3.8, 4) is 0 Å². The van der Waals surface area contributed by atoms with E-state index in [1.807, 2.05) is 0 Å². The van der Waals surface area contributed by atoms with Gasteiger partial charge in [0.1, 0.15) is 6.04 Å². The normalized spacial score (nSPS) is 19.9. The molecule has 7 heteroatoms. The van der Waals surface area contributed by atoms with Crippen molar-refractivity contribution in [2.24, 2.45) is 5.73 Å². The molecule has 0 aromatic heterocycles. The lowest BCUT2D eigenvalue weighted by Gasteiger charge is -2.36. The topological polar surface area (TPSA) is 72.4 Å². The quantitative estimate of drug-likeness (QED) is 0.818. The van der Waals surface area contributed by atoms with Gasteiger partial charge in [-0.1, -0.05) is 0 Å². The third-order valence-corrected chi connectivity index (χ3v) is 3.51. The Balaban J connectivity index is 2.39. The molecule has 0 radical (unpaired) electrons. The van der Waals surface area contributed by atoms with Crippen molar-refractivity contribution in [3.05, 3.63) is 23.8 Å². The molecule has 0 bridgehead atoms. The van der Waals surface area contributed by atoms with Gasteiger partial charge in [0.25, 0.3) is 0 Å². The maximum absolute atomic E-state index is 12.9. The number of carbonyl (C=O) groups is 1. The van der Waals surface area contributed by atoms with Crippen LogP contribution in [0.5, 0.6) is 0 Å². The van der Waals surface area contributed by atoms with Gasteiger partial charge in [-0.3, -0.25) is 4.79 Å². The van der Waals surface area contributed by atoms with Crippen LogP contribution < -0.4 is 16.4 Å². The highest BCUT2D eigenvalue weighted by Crippen LogP contribution is 2.37. The van der Waals surface area contributed by atoms with Crippen molar-refractivity contribution in [3.63, 3.8) is 0 Å².